The van der Waals surface area contributed by atoms with E-state index in [1.165, 1.54) is 11.1 Å². The number of rotatable bonds is 7. The van der Waals surface area contributed by atoms with Gasteiger partial charge in [-0.15, -0.1) is 6.58 Å². The van der Waals surface area contributed by atoms with Crippen LogP contribution in [0.5, 0.6) is 0 Å². The Morgan fingerprint density at radius 2 is 1.88 bits per heavy atom. The van der Waals surface area contributed by atoms with Crippen LogP contribution in [0, 0.1) is 0 Å². The molecule has 1 heteroatoms. The third kappa shape index (κ3) is 8.49. The standard InChI is InChI=1S/C15H26O/c1-6-15(5,16)12-8-11-14(4)10-7-9-13(2)3/h6,9-10,16H,1,7-8,11-12H2,2-5H3. The van der Waals surface area contributed by atoms with Gasteiger partial charge < -0.3 is 5.11 Å². The first kappa shape index (κ1) is 15.2. The zero-order valence-corrected chi connectivity index (χ0v) is 11.2. The molecule has 0 aliphatic rings. The maximum atomic E-state index is 9.74. The highest BCUT2D eigenvalue weighted by molar-refractivity contribution is 5.05. The van der Waals surface area contributed by atoms with Crippen molar-refractivity contribution in [3.63, 3.8) is 0 Å². The van der Waals surface area contributed by atoms with Crippen LogP contribution in [0.15, 0.2) is 36.0 Å². The van der Waals surface area contributed by atoms with Crippen molar-refractivity contribution in [1.29, 1.82) is 0 Å². The van der Waals surface area contributed by atoms with Crippen LogP contribution in [-0.4, -0.2) is 10.7 Å². The lowest BCUT2D eigenvalue weighted by molar-refractivity contribution is 0.0999. The second-order valence-electron chi connectivity index (χ2n) is 4.98. The van der Waals surface area contributed by atoms with Gasteiger partial charge in [-0.3, -0.25) is 0 Å². The Kier molecular flexibility index (Phi) is 7.07. The maximum Gasteiger partial charge on any atom is 0.0797 e. The Hall–Kier alpha value is -0.820. The number of aliphatic hydroxyl groups is 1. The number of allylic oxidation sites excluding steroid dienone is 4. The molecule has 0 rings (SSSR count). The molecule has 1 atom stereocenters. The van der Waals surface area contributed by atoms with E-state index in [1.54, 1.807) is 6.08 Å². The van der Waals surface area contributed by atoms with Gasteiger partial charge in [0.1, 0.15) is 0 Å². The quantitative estimate of drug-likeness (QED) is 0.633. The highest BCUT2D eigenvalue weighted by Crippen LogP contribution is 2.17. The van der Waals surface area contributed by atoms with Crippen molar-refractivity contribution in [2.24, 2.45) is 0 Å². The van der Waals surface area contributed by atoms with Gasteiger partial charge in [0.25, 0.3) is 0 Å². The van der Waals surface area contributed by atoms with Gasteiger partial charge in [0.05, 0.1) is 5.60 Å². The maximum absolute atomic E-state index is 9.74. The summed E-state index contributed by atoms with van der Waals surface area (Å²) in [6.07, 6.45) is 9.97. The molecule has 0 aliphatic heterocycles. The van der Waals surface area contributed by atoms with Crippen LogP contribution in [0.3, 0.4) is 0 Å². The van der Waals surface area contributed by atoms with E-state index in [2.05, 4.69) is 39.5 Å². The minimum Gasteiger partial charge on any atom is -0.386 e. The van der Waals surface area contributed by atoms with Gasteiger partial charge in [-0.2, -0.15) is 0 Å². The molecule has 16 heavy (non-hydrogen) atoms. The van der Waals surface area contributed by atoms with Crippen molar-refractivity contribution in [2.45, 2.75) is 59.0 Å². The van der Waals surface area contributed by atoms with Crippen LogP contribution in [0.25, 0.3) is 0 Å². The van der Waals surface area contributed by atoms with Crippen molar-refractivity contribution < 1.29 is 5.11 Å². The van der Waals surface area contributed by atoms with E-state index in [1.807, 2.05) is 6.92 Å². The summed E-state index contributed by atoms with van der Waals surface area (Å²) in [5.74, 6) is 0. The summed E-state index contributed by atoms with van der Waals surface area (Å²) in [7, 11) is 0. The minimum atomic E-state index is -0.708. The van der Waals surface area contributed by atoms with Crippen molar-refractivity contribution >= 4 is 0 Å². The van der Waals surface area contributed by atoms with Crippen LogP contribution < -0.4 is 0 Å². The predicted molar refractivity (Wildman–Crippen MR) is 72.5 cm³/mol. The molecule has 1 N–H and O–H groups in total. The fraction of sp³-hybridized carbons (Fsp3) is 0.600. The second kappa shape index (κ2) is 7.45. The van der Waals surface area contributed by atoms with Crippen molar-refractivity contribution in [2.75, 3.05) is 0 Å². The fourth-order valence-corrected chi connectivity index (χ4v) is 1.43. The monoisotopic (exact) mass is 222 g/mol. The molecule has 1 nitrogen and oxygen atoms in total. The van der Waals surface area contributed by atoms with Gasteiger partial charge in [-0.05, 0) is 53.4 Å². The normalized spacial score (nSPS) is 15.4. The third-order valence-electron chi connectivity index (χ3n) is 2.69. The van der Waals surface area contributed by atoms with Gasteiger partial charge in [-0.25, -0.2) is 0 Å². The summed E-state index contributed by atoms with van der Waals surface area (Å²) >= 11 is 0. The summed E-state index contributed by atoms with van der Waals surface area (Å²) < 4.78 is 0. The van der Waals surface area contributed by atoms with E-state index in [0.717, 1.165) is 25.7 Å². The minimum absolute atomic E-state index is 0.708. The summed E-state index contributed by atoms with van der Waals surface area (Å²) in [4.78, 5) is 0. The molecule has 0 heterocycles. The van der Waals surface area contributed by atoms with E-state index in [-0.39, 0.29) is 0 Å². The highest BCUT2D eigenvalue weighted by atomic mass is 16.3. The molecule has 0 aliphatic carbocycles. The Morgan fingerprint density at radius 3 is 2.38 bits per heavy atom. The summed E-state index contributed by atoms with van der Waals surface area (Å²) in [6, 6.07) is 0. The summed E-state index contributed by atoms with van der Waals surface area (Å²) in [6.45, 7) is 11.8. The Bertz CT molecular complexity index is 265. The number of hydrogen-bond acceptors (Lipinski definition) is 1. The smallest absolute Gasteiger partial charge is 0.0797 e. The molecule has 0 saturated heterocycles. The zero-order chi connectivity index (χ0) is 12.6. The Labute approximate surface area is 101 Å². The lowest BCUT2D eigenvalue weighted by atomic mass is 9.97. The lowest BCUT2D eigenvalue weighted by Gasteiger charge is -2.17. The number of hydrogen-bond donors (Lipinski definition) is 1. The second-order valence-corrected chi connectivity index (χ2v) is 4.98. The van der Waals surface area contributed by atoms with Crippen LogP contribution in [0.2, 0.25) is 0 Å². The molecule has 0 aromatic heterocycles. The van der Waals surface area contributed by atoms with Crippen LogP contribution in [0.4, 0.5) is 0 Å². The largest absolute Gasteiger partial charge is 0.386 e. The molecule has 0 amide bonds. The Balaban J connectivity index is 3.85. The van der Waals surface area contributed by atoms with Crippen LogP contribution >= 0.6 is 0 Å². The van der Waals surface area contributed by atoms with Crippen LogP contribution in [0.1, 0.15) is 53.4 Å². The molecule has 0 saturated carbocycles. The van der Waals surface area contributed by atoms with E-state index < -0.39 is 5.60 Å². The molecule has 0 aromatic carbocycles. The molecule has 0 fully saturated rings. The molecule has 0 spiro atoms. The first-order valence-electron chi connectivity index (χ1n) is 6.02. The third-order valence-corrected chi connectivity index (χ3v) is 2.69. The topological polar surface area (TPSA) is 20.2 Å². The molecular formula is C15H26O. The van der Waals surface area contributed by atoms with Gasteiger partial charge in [-0.1, -0.05) is 29.4 Å². The zero-order valence-electron chi connectivity index (χ0n) is 11.2. The van der Waals surface area contributed by atoms with Crippen LogP contribution in [-0.2, 0) is 0 Å². The molecule has 0 aromatic rings. The average molecular weight is 222 g/mol. The predicted octanol–water partition coefficient (Wildman–Crippen LogP) is 4.40. The molecule has 0 radical (unpaired) electrons. The van der Waals surface area contributed by atoms with E-state index in [4.69, 9.17) is 0 Å². The lowest BCUT2D eigenvalue weighted by Crippen LogP contribution is -2.19. The Morgan fingerprint density at radius 1 is 1.25 bits per heavy atom. The van der Waals surface area contributed by atoms with Crippen molar-refractivity contribution in [1.82, 2.24) is 0 Å². The van der Waals surface area contributed by atoms with Crippen molar-refractivity contribution in [3.8, 4) is 0 Å². The van der Waals surface area contributed by atoms with Gasteiger partial charge >= 0.3 is 0 Å². The summed E-state index contributed by atoms with van der Waals surface area (Å²) in [5.41, 5.74) is 2.05. The summed E-state index contributed by atoms with van der Waals surface area (Å²) in [5, 5.41) is 9.74. The highest BCUT2D eigenvalue weighted by Gasteiger charge is 2.13. The van der Waals surface area contributed by atoms with Gasteiger partial charge in [0.2, 0.25) is 0 Å². The van der Waals surface area contributed by atoms with E-state index >= 15 is 0 Å². The van der Waals surface area contributed by atoms with E-state index in [9.17, 15) is 5.11 Å². The van der Waals surface area contributed by atoms with Crippen molar-refractivity contribution in [3.05, 3.63) is 36.0 Å². The fourth-order valence-electron chi connectivity index (χ4n) is 1.43. The molecular weight excluding hydrogens is 196 g/mol. The van der Waals surface area contributed by atoms with E-state index in [0.29, 0.717) is 0 Å². The first-order chi connectivity index (χ1) is 7.37. The SMILES string of the molecule is C=CC(C)(O)CCCC(C)=CCC=C(C)C. The molecule has 0 bridgehead atoms. The van der Waals surface area contributed by atoms with Gasteiger partial charge in [0, 0.05) is 0 Å². The average Bonchev–Trinajstić information content (AvgIpc) is 2.17. The molecule has 1 unspecified atom stereocenters. The van der Waals surface area contributed by atoms with Gasteiger partial charge in [0.15, 0.2) is 0 Å². The molecule has 92 valence electrons. The first-order valence-corrected chi connectivity index (χ1v) is 6.02.